The van der Waals surface area contributed by atoms with E-state index in [4.69, 9.17) is 0 Å². The number of benzene rings is 1. The highest BCUT2D eigenvalue weighted by molar-refractivity contribution is 5.85. The molecule has 2 nitrogen and oxygen atoms in total. The van der Waals surface area contributed by atoms with Crippen molar-refractivity contribution in [3.8, 4) is 0 Å². The van der Waals surface area contributed by atoms with Gasteiger partial charge in [-0.05, 0) is 31.0 Å². The number of halogens is 2. The number of hydrogen-bond donors (Lipinski definition) is 1. The molecule has 1 aromatic carbocycles. The first-order chi connectivity index (χ1) is 7.65. The van der Waals surface area contributed by atoms with Crippen molar-refractivity contribution in [3.05, 3.63) is 35.1 Å². The Kier molecular flexibility index (Phi) is 5.37. The van der Waals surface area contributed by atoms with Gasteiger partial charge < -0.3 is 5.32 Å². The zero-order chi connectivity index (χ0) is 11.5. The Morgan fingerprint density at radius 2 is 2.24 bits per heavy atom. The van der Waals surface area contributed by atoms with Gasteiger partial charge in [-0.1, -0.05) is 12.1 Å². The Morgan fingerprint density at radius 1 is 1.47 bits per heavy atom. The summed E-state index contributed by atoms with van der Waals surface area (Å²) in [4.78, 5) is 2.41. The highest BCUT2D eigenvalue weighted by Crippen LogP contribution is 2.12. The molecule has 1 aromatic rings. The van der Waals surface area contributed by atoms with Gasteiger partial charge in [0, 0.05) is 32.2 Å². The highest BCUT2D eigenvalue weighted by atomic mass is 35.5. The quantitative estimate of drug-likeness (QED) is 0.876. The second kappa shape index (κ2) is 6.34. The molecule has 0 radical (unpaired) electrons. The maximum absolute atomic E-state index is 13.1. The largest absolute Gasteiger partial charge is 0.312 e. The van der Waals surface area contributed by atoms with Gasteiger partial charge in [0.1, 0.15) is 5.82 Å². The van der Waals surface area contributed by atoms with E-state index in [0.29, 0.717) is 6.04 Å². The lowest BCUT2D eigenvalue weighted by atomic mass is 10.1. The minimum absolute atomic E-state index is 0. The van der Waals surface area contributed by atoms with Crippen LogP contribution >= 0.6 is 12.4 Å². The SMILES string of the molecule is Cc1cc(CN2CCN[C@@H](C)C2)ccc1F.Cl. The van der Waals surface area contributed by atoms with Crippen LogP contribution in [0.4, 0.5) is 4.39 Å². The Labute approximate surface area is 109 Å². The maximum Gasteiger partial charge on any atom is 0.126 e. The van der Waals surface area contributed by atoms with E-state index >= 15 is 0 Å². The second-order valence-electron chi connectivity index (χ2n) is 4.67. The lowest BCUT2D eigenvalue weighted by Crippen LogP contribution is -2.48. The van der Waals surface area contributed by atoms with Crippen LogP contribution in [0.1, 0.15) is 18.1 Å². The fourth-order valence-corrected chi connectivity index (χ4v) is 2.22. The van der Waals surface area contributed by atoms with Crippen LogP contribution in [0.5, 0.6) is 0 Å². The van der Waals surface area contributed by atoms with Gasteiger partial charge in [0.25, 0.3) is 0 Å². The van der Waals surface area contributed by atoms with Crippen molar-refractivity contribution in [1.82, 2.24) is 10.2 Å². The molecule has 1 fully saturated rings. The number of nitrogens with zero attached hydrogens (tertiary/aromatic N) is 1. The second-order valence-corrected chi connectivity index (χ2v) is 4.67. The third kappa shape index (κ3) is 3.95. The first kappa shape index (κ1) is 14.4. The monoisotopic (exact) mass is 258 g/mol. The van der Waals surface area contributed by atoms with Crippen molar-refractivity contribution in [3.63, 3.8) is 0 Å². The molecule has 1 saturated heterocycles. The van der Waals surface area contributed by atoms with Gasteiger partial charge >= 0.3 is 0 Å². The van der Waals surface area contributed by atoms with Crippen molar-refractivity contribution < 1.29 is 4.39 Å². The molecular formula is C13H20ClFN2. The average molecular weight is 259 g/mol. The summed E-state index contributed by atoms with van der Waals surface area (Å²) in [7, 11) is 0. The van der Waals surface area contributed by atoms with Crippen LogP contribution in [-0.2, 0) is 6.54 Å². The van der Waals surface area contributed by atoms with E-state index < -0.39 is 0 Å². The van der Waals surface area contributed by atoms with Gasteiger partial charge in [0.15, 0.2) is 0 Å². The van der Waals surface area contributed by atoms with Gasteiger partial charge in [0.2, 0.25) is 0 Å². The zero-order valence-corrected chi connectivity index (χ0v) is 11.2. The van der Waals surface area contributed by atoms with E-state index in [1.807, 2.05) is 19.1 Å². The lowest BCUT2D eigenvalue weighted by Gasteiger charge is -2.31. The summed E-state index contributed by atoms with van der Waals surface area (Å²) in [5, 5.41) is 3.42. The van der Waals surface area contributed by atoms with Crippen molar-refractivity contribution in [2.45, 2.75) is 26.4 Å². The zero-order valence-electron chi connectivity index (χ0n) is 10.4. The van der Waals surface area contributed by atoms with Crippen molar-refractivity contribution in [2.75, 3.05) is 19.6 Å². The summed E-state index contributed by atoms with van der Waals surface area (Å²) in [5.74, 6) is -0.113. The Morgan fingerprint density at radius 3 is 2.88 bits per heavy atom. The standard InChI is InChI=1S/C13H19FN2.ClH/c1-10-7-12(3-4-13(10)14)9-16-6-5-15-11(2)8-16;/h3-4,7,11,15H,5-6,8-9H2,1-2H3;1H/t11-;/m0./s1. The minimum atomic E-state index is -0.113. The summed E-state index contributed by atoms with van der Waals surface area (Å²) in [6, 6.07) is 5.95. The molecule has 0 aliphatic carbocycles. The van der Waals surface area contributed by atoms with E-state index in [2.05, 4.69) is 17.1 Å². The molecule has 4 heteroatoms. The van der Waals surface area contributed by atoms with Crippen molar-refractivity contribution in [2.24, 2.45) is 0 Å². The van der Waals surface area contributed by atoms with Crippen LogP contribution in [0.2, 0.25) is 0 Å². The Balaban J connectivity index is 0.00000144. The van der Waals surface area contributed by atoms with E-state index in [0.717, 1.165) is 31.7 Å². The van der Waals surface area contributed by atoms with Crippen molar-refractivity contribution >= 4 is 12.4 Å². The van der Waals surface area contributed by atoms with Gasteiger partial charge in [-0.25, -0.2) is 4.39 Å². The number of nitrogens with one attached hydrogen (secondary N) is 1. The van der Waals surface area contributed by atoms with Crippen LogP contribution in [0.3, 0.4) is 0 Å². The first-order valence-corrected chi connectivity index (χ1v) is 5.86. The van der Waals surface area contributed by atoms with Gasteiger partial charge in [-0.3, -0.25) is 4.90 Å². The highest BCUT2D eigenvalue weighted by Gasteiger charge is 2.15. The number of hydrogen-bond acceptors (Lipinski definition) is 2. The normalized spacial score (nSPS) is 21.0. The smallest absolute Gasteiger partial charge is 0.126 e. The fraction of sp³-hybridized carbons (Fsp3) is 0.538. The number of aryl methyl sites for hydroxylation is 1. The molecule has 0 amide bonds. The topological polar surface area (TPSA) is 15.3 Å². The van der Waals surface area contributed by atoms with E-state index in [1.54, 1.807) is 6.07 Å². The molecule has 1 N–H and O–H groups in total. The lowest BCUT2D eigenvalue weighted by molar-refractivity contribution is 0.199. The van der Waals surface area contributed by atoms with Crippen LogP contribution in [0.25, 0.3) is 0 Å². The summed E-state index contributed by atoms with van der Waals surface area (Å²) < 4.78 is 13.1. The predicted octanol–water partition coefficient (Wildman–Crippen LogP) is 2.35. The summed E-state index contributed by atoms with van der Waals surface area (Å²) >= 11 is 0. The molecule has 96 valence electrons. The van der Waals surface area contributed by atoms with Crippen LogP contribution in [0, 0.1) is 12.7 Å². The molecular weight excluding hydrogens is 239 g/mol. The number of piperazine rings is 1. The molecule has 1 atom stereocenters. The van der Waals surface area contributed by atoms with E-state index in [9.17, 15) is 4.39 Å². The molecule has 2 rings (SSSR count). The third-order valence-electron chi connectivity index (χ3n) is 3.08. The Hall–Kier alpha value is -0.640. The van der Waals surface area contributed by atoms with Crippen LogP contribution in [0.15, 0.2) is 18.2 Å². The molecule has 0 bridgehead atoms. The molecule has 0 unspecified atom stereocenters. The molecule has 1 aliphatic heterocycles. The van der Waals surface area contributed by atoms with Crippen molar-refractivity contribution in [1.29, 1.82) is 0 Å². The average Bonchev–Trinajstić information content (AvgIpc) is 2.24. The molecule has 17 heavy (non-hydrogen) atoms. The molecule has 0 aromatic heterocycles. The van der Waals surface area contributed by atoms with Gasteiger partial charge in [-0.15, -0.1) is 12.4 Å². The van der Waals surface area contributed by atoms with Gasteiger partial charge in [0.05, 0.1) is 0 Å². The molecule has 0 saturated carbocycles. The summed E-state index contributed by atoms with van der Waals surface area (Å²) in [6.07, 6.45) is 0. The third-order valence-corrected chi connectivity index (χ3v) is 3.08. The molecule has 1 heterocycles. The molecule has 0 spiro atoms. The van der Waals surface area contributed by atoms with Crippen LogP contribution in [-0.4, -0.2) is 30.6 Å². The molecule has 1 aliphatic rings. The fourth-order valence-electron chi connectivity index (χ4n) is 2.22. The minimum Gasteiger partial charge on any atom is -0.312 e. The number of rotatable bonds is 2. The van der Waals surface area contributed by atoms with Gasteiger partial charge in [-0.2, -0.15) is 0 Å². The van der Waals surface area contributed by atoms with E-state index in [-0.39, 0.29) is 18.2 Å². The summed E-state index contributed by atoms with van der Waals surface area (Å²) in [6.45, 7) is 8.12. The first-order valence-electron chi connectivity index (χ1n) is 5.86. The van der Waals surface area contributed by atoms with E-state index in [1.165, 1.54) is 5.56 Å². The van der Waals surface area contributed by atoms with Crippen LogP contribution < -0.4 is 5.32 Å². The Bertz CT molecular complexity index is 370. The predicted molar refractivity (Wildman–Crippen MR) is 71.1 cm³/mol. The summed E-state index contributed by atoms with van der Waals surface area (Å²) in [5.41, 5.74) is 1.94. The maximum atomic E-state index is 13.1.